The van der Waals surface area contributed by atoms with Crippen LogP contribution in [0.4, 0.5) is 5.69 Å². The van der Waals surface area contributed by atoms with Gasteiger partial charge in [-0.3, -0.25) is 18.2 Å². The summed E-state index contributed by atoms with van der Waals surface area (Å²) in [5.74, 6) is 0.645. The average Bonchev–Trinajstić information content (AvgIpc) is 2.90. The molecule has 1 aliphatic heterocycles. The summed E-state index contributed by atoms with van der Waals surface area (Å²) < 4.78 is 51.7. The van der Waals surface area contributed by atoms with Crippen molar-refractivity contribution in [3.8, 4) is 0 Å². The van der Waals surface area contributed by atoms with Crippen LogP contribution in [0.25, 0.3) is 0 Å². The zero-order valence-corrected chi connectivity index (χ0v) is 36.2. The molecule has 2 N–H and O–H groups in total. The first-order valence-corrected chi connectivity index (χ1v) is 23.2. The van der Waals surface area contributed by atoms with Gasteiger partial charge in [-0.1, -0.05) is 67.0 Å². The first-order chi connectivity index (χ1) is 21.4. The van der Waals surface area contributed by atoms with Crippen LogP contribution in [0, 0.1) is 38.4 Å². The maximum Gasteiger partial charge on any atom is 0.205 e. The number of halogens is 2. The van der Waals surface area contributed by atoms with E-state index in [1.807, 2.05) is 58.2 Å². The second-order valence-corrected chi connectivity index (χ2v) is 21.5. The van der Waals surface area contributed by atoms with Gasteiger partial charge in [0, 0.05) is 101 Å². The van der Waals surface area contributed by atoms with Crippen LogP contribution in [-0.4, -0.2) is 73.8 Å². The van der Waals surface area contributed by atoms with Crippen molar-refractivity contribution in [2.45, 2.75) is 96.3 Å². The van der Waals surface area contributed by atoms with Gasteiger partial charge in [0.05, 0.1) is 11.7 Å². The van der Waals surface area contributed by atoms with Crippen LogP contribution in [0.15, 0.2) is 68.1 Å². The molecule has 4 rings (SSSR count). The molecule has 0 aliphatic carbocycles. The minimum atomic E-state index is -2.17. The van der Waals surface area contributed by atoms with Crippen molar-refractivity contribution < 1.29 is 34.2 Å². The van der Waals surface area contributed by atoms with Crippen LogP contribution < -0.4 is 26.9 Å². The summed E-state index contributed by atoms with van der Waals surface area (Å²) in [6, 6.07) is 15.0. The third-order valence-electron chi connectivity index (χ3n) is 6.60. The first-order valence-electron chi connectivity index (χ1n) is 15.3. The molecule has 1 saturated heterocycles. The number of aromatic nitrogens is 2. The lowest BCUT2D eigenvalue weighted by molar-refractivity contribution is -0.694. The van der Waals surface area contributed by atoms with Crippen LogP contribution in [0.5, 0.6) is 0 Å². The normalized spacial score (nSPS) is 16.1. The molecule has 14 heteroatoms. The third kappa shape index (κ3) is 27.8. The fourth-order valence-electron chi connectivity index (χ4n) is 4.41. The van der Waals surface area contributed by atoms with Gasteiger partial charge in [-0.25, -0.2) is 8.57 Å². The minimum Gasteiger partial charge on any atom is -1.00 e. The number of benzene rings is 1. The van der Waals surface area contributed by atoms with Gasteiger partial charge in [0.15, 0.2) is 12.7 Å². The lowest BCUT2D eigenvalue weighted by Gasteiger charge is -2.31. The van der Waals surface area contributed by atoms with Crippen molar-refractivity contribution in [1.82, 2.24) is 10.3 Å². The van der Waals surface area contributed by atoms with E-state index < -0.39 is 29.2 Å². The van der Waals surface area contributed by atoms with Crippen molar-refractivity contribution in [3.63, 3.8) is 0 Å². The van der Waals surface area contributed by atoms with E-state index >= 15 is 0 Å². The zero-order valence-electron chi connectivity index (χ0n) is 30.5. The van der Waals surface area contributed by atoms with Crippen molar-refractivity contribution in [2.24, 2.45) is 14.6 Å². The molecule has 3 aromatic rings. The Bertz CT molecular complexity index is 1800. The number of nitrogens with one attached hydrogen (secondary N) is 2. The Morgan fingerprint density at radius 1 is 0.885 bits per heavy atom. The predicted octanol–water partition coefficient (Wildman–Crippen LogP) is 6.40. The van der Waals surface area contributed by atoms with Crippen LogP contribution in [0.2, 0.25) is 0 Å². The van der Waals surface area contributed by atoms with E-state index in [-0.39, 0.29) is 52.7 Å². The van der Waals surface area contributed by atoms with Crippen LogP contribution in [0.3, 0.4) is 0 Å². The Balaban J connectivity index is -0.000000201. The lowest BCUT2D eigenvalue weighted by Crippen LogP contribution is -3.00. The van der Waals surface area contributed by atoms with Gasteiger partial charge in [-0.05, 0) is 80.2 Å². The van der Waals surface area contributed by atoms with Crippen molar-refractivity contribution in [3.05, 3.63) is 87.4 Å². The molecule has 9 nitrogen and oxygen atoms in total. The predicted molar refractivity (Wildman–Crippen MR) is 232 cm³/mol. The molecule has 3 atom stereocenters. The molecular weight excluding hydrogens is 844 g/mol. The number of pyridine rings is 2. The molecule has 1 aromatic carbocycles. The molecule has 3 unspecified atom stereocenters. The lowest BCUT2D eigenvalue weighted by atomic mass is 9.93. The maximum absolute atomic E-state index is 11.9. The first kappa shape index (κ1) is 59.6. The van der Waals surface area contributed by atoms with E-state index in [4.69, 9.17) is 4.78 Å². The van der Waals surface area contributed by atoms with Gasteiger partial charge in [-0.15, -0.1) is 0 Å². The van der Waals surface area contributed by atoms with Gasteiger partial charge in [-0.2, -0.15) is 8.93 Å². The second-order valence-electron chi connectivity index (χ2n) is 13.1. The van der Waals surface area contributed by atoms with E-state index in [0.717, 1.165) is 46.6 Å². The summed E-state index contributed by atoms with van der Waals surface area (Å²) in [5, 5.41) is 3.39. The van der Waals surface area contributed by atoms with Crippen LogP contribution in [-0.2, 0) is 35.7 Å². The molecule has 1 fully saturated rings. The number of nitrogens with zero attached hydrogens (tertiary/aromatic N) is 4. The minimum absolute atomic E-state index is 0. The smallest absolute Gasteiger partial charge is 0.205 e. The molecule has 1 aliphatic rings. The molecule has 52 heavy (non-hydrogen) atoms. The highest BCUT2D eigenvalue weighted by atomic mass is 79.9. The summed E-state index contributed by atoms with van der Waals surface area (Å²) in [7, 11) is -6.26. The van der Waals surface area contributed by atoms with Gasteiger partial charge in [0.2, 0.25) is 5.69 Å². The third-order valence-corrected chi connectivity index (χ3v) is 8.82. The monoisotopic (exact) mass is 914 g/mol. The summed E-state index contributed by atoms with van der Waals surface area (Å²) in [6.45, 7) is 14.2. The number of rotatable bonds is 4. The summed E-state index contributed by atoms with van der Waals surface area (Å²) in [6.07, 6.45) is 14.5. The van der Waals surface area contributed by atoms with Crippen molar-refractivity contribution >= 4 is 50.8 Å². The molecular formula is C38H72Br2N6O3S3. The molecule has 3 heterocycles. The van der Waals surface area contributed by atoms with Gasteiger partial charge in [0.1, 0.15) is 5.69 Å². The zero-order chi connectivity index (χ0) is 36.2. The van der Waals surface area contributed by atoms with E-state index in [9.17, 15) is 12.6 Å². The molecule has 2 aromatic heterocycles. The summed E-state index contributed by atoms with van der Waals surface area (Å²) >= 11 is 3.38. The van der Waals surface area contributed by atoms with Crippen LogP contribution in [0.1, 0.15) is 78.1 Å². The maximum atomic E-state index is 11.9. The van der Waals surface area contributed by atoms with Crippen molar-refractivity contribution in [2.75, 3.05) is 44.1 Å². The molecule has 0 radical (unpaired) electrons. The Labute approximate surface area is 340 Å². The highest BCUT2D eigenvalue weighted by Crippen LogP contribution is 2.19. The molecule has 0 spiro atoms. The van der Waals surface area contributed by atoms with E-state index in [1.165, 1.54) is 23.6 Å². The van der Waals surface area contributed by atoms with Gasteiger partial charge >= 0.3 is 0 Å². The van der Waals surface area contributed by atoms with Gasteiger partial charge in [0.25, 0.3) is 0 Å². The Hall–Kier alpha value is -1.71. The SMILES string of the molecule is C.C.C.C.CC1CNC(C)C(N=S(C)(C)=O)C1.CS(C)(=N)=O.Cc1cc(N=S(C)(C)=O)c(C)[n+](Cc2ccccc2)c1.Cc1cnc(C)c(Br)c1.[Br-]. The van der Waals surface area contributed by atoms with Gasteiger partial charge < -0.3 is 22.3 Å². The largest absolute Gasteiger partial charge is 1.00 e. The highest BCUT2D eigenvalue weighted by molar-refractivity contribution is 9.10. The summed E-state index contributed by atoms with van der Waals surface area (Å²) in [4.78, 5) is 4.13. The summed E-state index contributed by atoms with van der Waals surface area (Å²) in [5.41, 5.74) is 6.44. The van der Waals surface area contributed by atoms with Crippen LogP contribution >= 0.6 is 15.9 Å². The van der Waals surface area contributed by atoms with E-state index in [0.29, 0.717) is 12.0 Å². The van der Waals surface area contributed by atoms with E-state index in [2.05, 4.69) is 77.8 Å². The highest BCUT2D eigenvalue weighted by Gasteiger charge is 2.25. The average molecular weight is 917 g/mol. The molecule has 0 amide bonds. The Morgan fingerprint density at radius 2 is 1.40 bits per heavy atom. The standard InChI is InChI=1S/C16H21N2OS.C9H20N2OS.C7H8BrN.C2H7NOS.4CH4.BrH/c1-13-10-16(17-20(3,4)19)14(2)18(11-13)12-15-8-6-5-7-9-15;1-7-5-9(8(2)10-6-7)11-13(3,4)12;1-5-3-7(8)6(2)9-4-5;1-5(2,3)4;;;;;/h5-11H,12H2,1-4H3;7-10H,5-6H2,1-4H3;3-4H,1-2H3;3H,1-2H3;4*1H4;1H/q+1;;;;;;;;/p-1. The Morgan fingerprint density at radius 3 is 1.85 bits per heavy atom. The fraction of sp³-hybridized carbons (Fsp3) is 0.579. The van der Waals surface area contributed by atoms with E-state index in [1.54, 1.807) is 25.0 Å². The number of aryl methyl sites for hydroxylation is 3. The molecule has 304 valence electrons. The quantitative estimate of drug-likeness (QED) is 0.293. The molecule has 0 bridgehead atoms. The Kier molecular flexibility index (Phi) is 30.9. The number of hydrogen-bond acceptors (Lipinski definition) is 8. The fourth-order valence-corrected chi connectivity index (χ4v) is 6.45. The topological polar surface area (TPSA) is 129 Å². The molecule has 0 saturated carbocycles. The van der Waals surface area contributed by atoms with Crippen molar-refractivity contribution in [1.29, 1.82) is 4.78 Å². The number of hydrogen-bond donors (Lipinski definition) is 2. The number of piperidine rings is 1. The second kappa shape index (κ2) is 27.0.